The smallest absolute Gasteiger partial charge is 0.236 e. The van der Waals surface area contributed by atoms with Crippen molar-refractivity contribution >= 4 is 11.3 Å². The Labute approximate surface area is 175 Å². The second-order valence-electron chi connectivity index (χ2n) is 7.24. The molecule has 0 N–H and O–H groups in total. The highest BCUT2D eigenvalue weighted by Crippen LogP contribution is 2.29. The predicted molar refractivity (Wildman–Crippen MR) is 115 cm³/mol. The highest BCUT2D eigenvalue weighted by atomic mass is 32.1. The molecule has 0 bridgehead atoms. The third-order valence-corrected chi connectivity index (χ3v) is 6.17. The van der Waals surface area contributed by atoms with E-state index in [0.717, 1.165) is 73.0 Å². The summed E-state index contributed by atoms with van der Waals surface area (Å²) in [5, 5.41) is 2.05. The number of hydrogen-bond acceptors (Lipinski definition) is 7. The van der Waals surface area contributed by atoms with Gasteiger partial charge in [0, 0.05) is 39.3 Å². The maximum Gasteiger partial charge on any atom is 0.236 e. The zero-order valence-electron chi connectivity index (χ0n) is 17.2. The Balaban J connectivity index is 1.32. The van der Waals surface area contributed by atoms with E-state index in [1.54, 1.807) is 25.6 Å². The monoisotopic (exact) mass is 413 g/mol. The van der Waals surface area contributed by atoms with Gasteiger partial charge < -0.3 is 13.9 Å². The Kier molecular flexibility index (Phi) is 6.18. The van der Waals surface area contributed by atoms with Crippen molar-refractivity contribution in [2.75, 3.05) is 40.4 Å². The number of aromatic nitrogens is 1. The number of ether oxygens (including phenoxy) is 2. The topological polar surface area (TPSA) is 51.0 Å². The summed E-state index contributed by atoms with van der Waals surface area (Å²) in [7, 11) is 3.34. The van der Waals surface area contributed by atoms with E-state index in [2.05, 4.69) is 21.9 Å². The van der Waals surface area contributed by atoms with E-state index in [4.69, 9.17) is 18.9 Å². The molecule has 1 saturated heterocycles. The molecule has 1 aliphatic heterocycles. The minimum absolute atomic E-state index is 0.736. The van der Waals surface area contributed by atoms with Crippen molar-refractivity contribution in [3.8, 4) is 22.3 Å². The zero-order chi connectivity index (χ0) is 20.2. The molecule has 29 heavy (non-hydrogen) atoms. The van der Waals surface area contributed by atoms with Gasteiger partial charge >= 0.3 is 0 Å². The molecular formula is C22H27N3O3S. The van der Waals surface area contributed by atoms with Crippen LogP contribution in [0, 0.1) is 6.92 Å². The van der Waals surface area contributed by atoms with Crippen LogP contribution < -0.4 is 9.47 Å². The van der Waals surface area contributed by atoms with Crippen LogP contribution in [0.15, 0.2) is 40.1 Å². The average molecular weight is 414 g/mol. The number of nitrogens with zero attached hydrogens (tertiary/aromatic N) is 3. The van der Waals surface area contributed by atoms with Crippen LogP contribution in [0.4, 0.5) is 0 Å². The quantitative estimate of drug-likeness (QED) is 0.583. The van der Waals surface area contributed by atoms with Gasteiger partial charge in [-0.1, -0.05) is 12.1 Å². The number of aryl methyl sites for hydroxylation is 1. The lowest BCUT2D eigenvalue weighted by Crippen LogP contribution is -2.45. The molecule has 4 rings (SSSR count). The maximum atomic E-state index is 5.88. The first-order chi connectivity index (χ1) is 14.2. The van der Waals surface area contributed by atoms with Crippen molar-refractivity contribution in [2.24, 2.45) is 0 Å². The van der Waals surface area contributed by atoms with Crippen LogP contribution in [0.2, 0.25) is 0 Å². The number of benzene rings is 1. The van der Waals surface area contributed by atoms with Crippen molar-refractivity contribution in [2.45, 2.75) is 20.0 Å². The SMILES string of the molecule is COc1ccc(CN2CCN(Cc3nc(-c4cccs4)oc3C)CC2)cc1OC. The molecule has 0 spiro atoms. The molecule has 0 radical (unpaired) electrons. The number of methoxy groups -OCH3 is 2. The lowest BCUT2D eigenvalue weighted by molar-refractivity contribution is 0.120. The van der Waals surface area contributed by atoms with Crippen LogP contribution in [-0.2, 0) is 13.1 Å². The summed E-state index contributed by atoms with van der Waals surface area (Å²) in [6, 6.07) is 10.2. The van der Waals surface area contributed by atoms with E-state index >= 15 is 0 Å². The van der Waals surface area contributed by atoms with E-state index in [0.29, 0.717) is 0 Å². The van der Waals surface area contributed by atoms with Crippen molar-refractivity contribution in [1.29, 1.82) is 0 Å². The molecule has 1 aromatic carbocycles. The fraction of sp³-hybridized carbons (Fsp3) is 0.409. The molecule has 0 aliphatic carbocycles. The first-order valence-corrected chi connectivity index (χ1v) is 10.7. The molecule has 1 aliphatic rings. The van der Waals surface area contributed by atoms with E-state index in [9.17, 15) is 0 Å². The molecular weight excluding hydrogens is 386 g/mol. The molecule has 0 atom stereocenters. The Morgan fingerprint density at radius 3 is 2.38 bits per heavy atom. The minimum Gasteiger partial charge on any atom is -0.493 e. The van der Waals surface area contributed by atoms with Crippen molar-refractivity contribution in [1.82, 2.24) is 14.8 Å². The van der Waals surface area contributed by atoms with Gasteiger partial charge in [0.15, 0.2) is 11.5 Å². The van der Waals surface area contributed by atoms with Crippen molar-refractivity contribution in [3.05, 3.63) is 52.7 Å². The van der Waals surface area contributed by atoms with E-state index in [1.165, 1.54) is 5.56 Å². The summed E-state index contributed by atoms with van der Waals surface area (Å²) in [6.07, 6.45) is 0. The van der Waals surface area contributed by atoms with Gasteiger partial charge in [0.25, 0.3) is 0 Å². The third-order valence-electron chi connectivity index (χ3n) is 5.32. The molecule has 0 amide bonds. The first-order valence-electron chi connectivity index (χ1n) is 9.82. The Bertz CT molecular complexity index is 931. The summed E-state index contributed by atoms with van der Waals surface area (Å²) in [4.78, 5) is 10.7. The molecule has 1 fully saturated rings. The van der Waals surface area contributed by atoms with Gasteiger partial charge in [0.2, 0.25) is 5.89 Å². The summed E-state index contributed by atoms with van der Waals surface area (Å²) in [5.41, 5.74) is 2.28. The lowest BCUT2D eigenvalue weighted by atomic mass is 10.1. The second-order valence-corrected chi connectivity index (χ2v) is 8.19. The molecule has 7 heteroatoms. The van der Waals surface area contributed by atoms with Crippen LogP contribution in [0.1, 0.15) is 17.0 Å². The number of piperazine rings is 1. The summed E-state index contributed by atoms with van der Waals surface area (Å²) < 4.78 is 16.6. The van der Waals surface area contributed by atoms with Gasteiger partial charge in [0.1, 0.15) is 5.76 Å². The summed E-state index contributed by atoms with van der Waals surface area (Å²) in [6.45, 7) is 7.87. The molecule has 0 unspecified atom stereocenters. The largest absolute Gasteiger partial charge is 0.493 e. The third kappa shape index (κ3) is 4.63. The van der Waals surface area contributed by atoms with Gasteiger partial charge in [0.05, 0.1) is 24.8 Å². The van der Waals surface area contributed by atoms with E-state index in [1.807, 2.05) is 30.5 Å². The normalized spacial score (nSPS) is 15.6. The first kappa shape index (κ1) is 19.9. The molecule has 154 valence electrons. The van der Waals surface area contributed by atoms with Gasteiger partial charge in [-0.15, -0.1) is 11.3 Å². The van der Waals surface area contributed by atoms with Gasteiger partial charge in [-0.05, 0) is 36.1 Å². The fourth-order valence-electron chi connectivity index (χ4n) is 3.63. The number of thiophene rings is 1. The van der Waals surface area contributed by atoms with Crippen LogP contribution in [0.3, 0.4) is 0 Å². The lowest BCUT2D eigenvalue weighted by Gasteiger charge is -2.34. The number of oxazole rings is 1. The summed E-state index contributed by atoms with van der Waals surface area (Å²) in [5.74, 6) is 3.21. The average Bonchev–Trinajstić information content (AvgIpc) is 3.40. The van der Waals surface area contributed by atoms with Gasteiger partial charge in [-0.25, -0.2) is 4.98 Å². The zero-order valence-corrected chi connectivity index (χ0v) is 18.0. The van der Waals surface area contributed by atoms with Crippen LogP contribution in [0.5, 0.6) is 11.5 Å². The van der Waals surface area contributed by atoms with E-state index in [-0.39, 0.29) is 0 Å². The summed E-state index contributed by atoms with van der Waals surface area (Å²) >= 11 is 1.66. The standard InChI is InChI=1S/C22H27N3O3S/c1-16-18(23-22(28-16)21-5-4-12-29-21)15-25-10-8-24(9-11-25)14-17-6-7-19(26-2)20(13-17)27-3/h4-7,12-13H,8-11,14-15H2,1-3H3. The Hall–Kier alpha value is -2.35. The van der Waals surface area contributed by atoms with Crippen molar-refractivity contribution in [3.63, 3.8) is 0 Å². The highest BCUT2D eigenvalue weighted by molar-refractivity contribution is 7.13. The second kappa shape index (κ2) is 8.98. The Morgan fingerprint density at radius 2 is 1.72 bits per heavy atom. The van der Waals surface area contributed by atoms with Crippen LogP contribution >= 0.6 is 11.3 Å². The highest BCUT2D eigenvalue weighted by Gasteiger charge is 2.20. The van der Waals surface area contributed by atoms with E-state index < -0.39 is 0 Å². The molecule has 2 aromatic heterocycles. The fourth-order valence-corrected chi connectivity index (χ4v) is 4.28. The molecule has 0 saturated carbocycles. The molecule has 3 heterocycles. The number of hydrogen-bond donors (Lipinski definition) is 0. The van der Waals surface area contributed by atoms with Gasteiger partial charge in [-0.2, -0.15) is 0 Å². The van der Waals surface area contributed by atoms with Crippen LogP contribution in [-0.4, -0.2) is 55.2 Å². The number of rotatable bonds is 7. The molecule has 6 nitrogen and oxygen atoms in total. The van der Waals surface area contributed by atoms with Crippen LogP contribution in [0.25, 0.3) is 10.8 Å². The molecule has 3 aromatic rings. The van der Waals surface area contributed by atoms with Gasteiger partial charge in [-0.3, -0.25) is 9.80 Å². The van der Waals surface area contributed by atoms with Crippen molar-refractivity contribution < 1.29 is 13.9 Å². The minimum atomic E-state index is 0.736. The predicted octanol–water partition coefficient (Wildman–Crippen LogP) is 4.05. The maximum absolute atomic E-state index is 5.88. The Morgan fingerprint density at radius 1 is 1.00 bits per heavy atom.